The SMILES string of the molecule is CCC(O)(CC)C(=O)Cc1cc(F)ccc1Br. The van der Waals surface area contributed by atoms with Crippen LogP contribution in [0.1, 0.15) is 32.3 Å². The molecule has 0 bridgehead atoms. The van der Waals surface area contributed by atoms with Gasteiger partial charge >= 0.3 is 0 Å². The van der Waals surface area contributed by atoms with Crippen molar-refractivity contribution < 1.29 is 14.3 Å². The summed E-state index contributed by atoms with van der Waals surface area (Å²) in [6.45, 7) is 3.53. The number of Topliss-reactive ketones (excluding diaryl/α,β-unsaturated/α-hetero) is 1. The molecule has 0 fully saturated rings. The molecule has 0 radical (unpaired) electrons. The Morgan fingerprint density at radius 3 is 2.53 bits per heavy atom. The Kier molecular flexibility index (Phi) is 4.83. The van der Waals surface area contributed by atoms with Crippen LogP contribution in [0.25, 0.3) is 0 Å². The second kappa shape index (κ2) is 5.74. The van der Waals surface area contributed by atoms with Gasteiger partial charge in [-0.05, 0) is 36.6 Å². The summed E-state index contributed by atoms with van der Waals surface area (Å²) in [5.41, 5.74) is -0.735. The van der Waals surface area contributed by atoms with Crippen LogP contribution in [0.3, 0.4) is 0 Å². The molecule has 2 nitrogen and oxygen atoms in total. The van der Waals surface area contributed by atoms with Gasteiger partial charge < -0.3 is 5.11 Å². The van der Waals surface area contributed by atoms with Crippen molar-refractivity contribution in [2.75, 3.05) is 0 Å². The molecule has 17 heavy (non-hydrogen) atoms. The molecule has 0 saturated carbocycles. The lowest BCUT2D eigenvalue weighted by Gasteiger charge is -2.23. The van der Waals surface area contributed by atoms with Crippen LogP contribution in [0.4, 0.5) is 4.39 Å². The quantitative estimate of drug-likeness (QED) is 0.906. The van der Waals surface area contributed by atoms with E-state index in [9.17, 15) is 14.3 Å². The van der Waals surface area contributed by atoms with Crippen molar-refractivity contribution in [2.45, 2.75) is 38.7 Å². The molecule has 0 saturated heterocycles. The van der Waals surface area contributed by atoms with Gasteiger partial charge in [-0.3, -0.25) is 4.79 Å². The summed E-state index contributed by atoms with van der Waals surface area (Å²) in [6.07, 6.45) is 0.779. The zero-order valence-corrected chi connectivity index (χ0v) is 11.6. The third kappa shape index (κ3) is 3.36. The van der Waals surface area contributed by atoms with Gasteiger partial charge in [-0.2, -0.15) is 0 Å². The molecule has 94 valence electrons. The van der Waals surface area contributed by atoms with Gasteiger partial charge in [-0.25, -0.2) is 4.39 Å². The highest BCUT2D eigenvalue weighted by atomic mass is 79.9. The van der Waals surface area contributed by atoms with Crippen LogP contribution in [0, 0.1) is 5.82 Å². The molecule has 0 spiro atoms. The molecule has 0 heterocycles. The number of rotatable bonds is 5. The molecule has 0 aromatic heterocycles. The Morgan fingerprint density at radius 1 is 1.41 bits per heavy atom. The van der Waals surface area contributed by atoms with Crippen molar-refractivity contribution in [3.05, 3.63) is 34.1 Å². The fourth-order valence-corrected chi connectivity index (χ4v) is 2.05. The van der Waals surface area contributed by atoms with Gasteiger partial charge in [0.25, 0.3) is 0 Å². The normalized spacial score (nSPS) is 11.6. The third-order valence-electron chi connectivity index (χ3n) is 3.05. The zero-order valence-electron chi connectivity index (χ0n) is 9.96. The van der Waals surface area contributed by atoms with Crippen molar-refractivity contribution >= 4 is 21.7 Å². The molecular weight excluding hydrogens is 287 g/mol. The number of carbonyl (C=O) groups is 1. The highest BCUT2D eigenvalue weighted by Gasteiger charge is 2.31. The van der Waals surface area contributed by atoms with E-state index in [0.717, 1.165) is 0 Å². The van der Waals surface area contributed by atoms with E-state index in [1.165, 1.54) is 12.1 Å². The van der Waals surface area contributed by atoms with Crippen molar-refractivity contribution in [2.24, 2.45) is 0 Å². The first-order valence-corrected chi connectivity index (χ1v) is 6.42. The number of ketones is 1. The monoisotopic (exact) mass is 302 g/mol. The molecule has 0 atom stereocenters. The smallest absolute Gasteiger partial charge is 0.168 e. The Hall–Kier alpha value is -0.740. The minimum Gasteiger partial charge on any atom is -0.382 e. The predicted molar refractivity (Wildman–Crippen MR) is 68.3 cm³/mol. The molecule has 1 aromatic carbocycles. The van der Waals surface area contributed by atoms with Gasteiger partial charge in [0.2, 0.25) is 0 Å². The predicted octanol–water partition coefficient (Wildman–Crippen LogP) is 3.25. The van der Waals surface area contributed by atoms with Crippen LogP contribution < -0.4 is 0 Å². The highest BCUT2D eigenvalue weighted by Crippen LogP contribution is 2.23. The van der Waals surface area contributed by atoms with Crippen LogP contribution in [-0.4, -0.2) is 16.5 Å². The number of carbonyl (C=O) groups excluding carboxylic acids is 1. The van der Waals surface area contributed by atoms with Gasteiger partial charge in [-0.15, -0.1) is 0 Å². The molecular formula is C13H16BrFO2. The van der Waals surface area contributed by atoms with E-state index in [2.05, 4.69) is 15.9 Å². The minimum atomic E-state index is -1.30. The van der Waals surface area contributed by atoms with Crippen LogP contribution in [0.2, 0.25) is 0 Å². The topological polar surface area (TPSA) is 37.3 Å². The summed E-state index contributed by atoms with van der Waals surface area (Å²) < 4.78 is 13.7. The zero-order chi connectivity index (χ0) is 13.1. The summed E-state index contributed by atoms with van der Waals surface area (Å²) in [6, 6.07) is 4.20. The maximum absolute atomic E-state index is 13.1. The molecule has 0 aliphatic rings. The van der Waals surface area contributed by atoms with Crippen LogP contribution in [-0.2, 0) is 11.2 Å². The van der Waals surface area contributed by atoms with Crippen LogP contribution in [0.15, 0.2) is 22.7 Å². The first-order valence-electron chi connectivity index (χ1n) is 5.62. The summed E-state index contributed by atoms with van der Waals surface area (Å²) in [5.74, 6) is -0.652. The van der Waals surface area contributed by atoms with Gasteiger partial charge in [0.05, 0.1) is 0 Å². The largest absolute Gasteiger partial charge is 0.382 e. The summed E-state index contributed by atoms with van der Waals surface area (Å²) >= 11 is 3.27. The Balaban J connectivity index is 2.91. The fourth-order valence-electron chi connectivity index (χ4n) is 1.66. The lowest BCUT2D eigenvalue weighted by molar-refractivity contribution is -0.137. The number of aliphatic hydroxyl groups is 1. The standard InChI is InChI=1S/C13H16BrFO2/c1-3-13(17,4-2)12(16)8-9-7-10(15)5-6-11(9)14/h5-7,17H,3-4,8H2,1-2H3. The van der Waals surface area contributed by atoms with E-state index < -0.39 is 5.60 Å². The number of hydrogen-bond acceptors (Lipinski definition) is 2. The first kappa shape index (κ1) is 14.3. The fraction of sp³-hybridized carbons (Fsp3) is 0.462. The highest BCUT2D eigenvalue weighted by molar-refractivity contribution is 9.10. The Labute approximate surface area is 109 Å². The maximum Gasteiger partial charge on any atom is 0.168 e. The number of benzene rings is 1. The van der Waals surface area contributed by atoms with Crippen molar-refractivity contribution in [1.82, 2.24) is 0 Å². The molecule has 0 unspecified atom stereocenters. The summed E-state index contributed by atoms with van der Waals surface area (Å²) in [4.78, 5) is 12.0. The lowest BCUT2D eigenvalue weighted by Crippen LogP contribution is -2.38. The van der Waals surface area contributed by atoms with Crippen molar-refractivity contribution in [3.8, 4) is 0 Å². The molecule has 1 aromatic rings. The second-order valence-electron chi connectivity index (χ2n) is 4.07. The Bertz CT molecular complexity index is 414. The Morgan fingerprint density at radius 2 is 2.00 bits per heavy atom. The number of hydrogen-bond donors (Lipinski definition) is 1. The van der Waals surface area contributed by atoms with Crippen LogP contribution in [0.5, 0.6) is 0 Å². The van der Waals surface area contributed by atoms with E-state index in [1.807, 2.05) is 0 Å². The van der Waals surface area contributed by atoms with E-state index in [-0.39, 0.29) is 18.0 Å². The average molecular weight is 303 g/mol. The van der Waals surface area contributed by atoms with E-state index in [4.69, 9.17) is 0 Å². The van der Waals surface area contributed by atoms with Gasteiger partial charge in [0, 0.05) is 10.9 Å². The van der Waals surface area contributed by atoms with Gasteiger partial charge in [0.15, 0.2) is 5.78 Å². The molecule has 0 aliphatic heterocycles. The molecule has 1 N–H and O–H groups in total. The molecule has 0 amide bonds. The van der Waals surface area contributed by atoms with E-state index >= 15 is 0 Å². The molecule has 0 aliphatic carbocycles. The van der Waals surface area contributed by atoms with E-state index in [0.29, 0.717) is 22.9 Å². The average Bonchev–Trinajstić information content (AvgIpc) is 2.32. The number of halogens is 2. The van der Waals surface area contributed by atoms with Crippen molar-refractivity contribution in [3.63, 3.8) is 0 Å². The lowest BCUT2D eigenvalue weighted by atomic mass is 9.88. The molecule has 1 rings (SSSR count). The minimum absolute atomic E-state index is 0.0382. The summed E-state index contributed by atoms with van der Waals surface area (Å²) in [5, 5.41) is 10.1. The van der Waals surface area contributed by atoms with E-state index in [1.54, 1.807) is 19.9 Å². The first-order chi connectivity index (χ1) is 7.92. The van der Waals surface area contributed by atoms with Crippen molar-refractivity contribution in [1.29, 1.82) is 0 Å². The van der Waals surface area contributed by atoms with Gasteiger partial charge in [0.1, 0.15) is 11.4 Å². The molecule has 4 heteroatoms. The summed E-state index contributed by atoms with van der Waals surface area (Å²) in [7, 11) is 0. The van der Waals surface area contributed by atoms with Crippen LogP contribution >= 0.6 is 15.9 Å². The second-order valence-corrected chi connectivity index (χ2v) is 4.93. The maximum atomic E-state index is 13.1. The third-order valence-corrected chi connectivity index (χ3v) is 3.82. The van der Waals surface area contributed by atoms with Gasteiger partial charge in [-0.1, -0.05) is 29.8 Å².